The van der Waals surface area contributed by atoms with Crippen LogP contribution in [0.5, 0.6) is 0 Å². The van der Waals surface area contributed by atoms with Crippen molar-refractivity contribution in [3.63, 3.8) is 0 Å². The Bertz CT molecular complexity index is 2410. The molecule has 9 aromatic rings. The fraction of sp³-hybridized carbons (Fsp3) is 0. The van der Waals surface area contributed by atoms with Crippen molar-refractivity contribution in [2.24, 2.45) is 0 Å². The number of hydrogen-bond donors (Lipinski definition) is 0. The third kappa shape index (κ3) is 4.32. The van der Waals surface area contributed by atoms with Crippen LogP contribution < -0.4 is 4.90 Å². The van der Waals surface area contributed by atoms with Gasteiger partial charge in [0.1, 0.15) is 11.2 Å². The van der Waals surface area contributed by atoms with Crippen molar-refractivity contribution < 1.29 is 4.42 Å². The highest BCUT2D eigenvalue weighted by Gasteiger charge is 2.23. The molecule has 0 radical (unpaired) electrons. The Balaban J connectivity index is 1.38. The number of furan rings is 1. The summed E-state index contributed by atoms with van der Waals surface area (Å²) in [6.45, 7) is 0. The van der Waals surface area contributed by atoms with Crippen LogP contribution in [0.1, 0.15) is 0 Å². The molecule has 212 valence electrons. The van der Waals surface area contributed by atoms with E-state index in [9.17, 15) is 0 Å². The number of fused-ring (bicyclic) bond motifs is 7. The number of hydrogen-bond acceptors (Lipinski definition) is 3. The Morgan fingerprint density at radius 3 is 1.67 bits per heavy atom. The Hall–Kier alpha value is -5.64. The molecule has 0 aliphatic heterocycles. The minimum Gasteiger partial charge on any atom is -0.455 e. The van der Waals surface area contributed by atoms with E-state index in [4.69, 9.17) is 4.42 Å². The highest BCUT2D eigenvalue weighted by atomic mass is 32.1. The lowest BCUT2D eigenvalue weighted by Crippen LogP contribution is -2.10. The third-order valence-electron chi connectivity index (χ3n) is 8.63. The number of thiophene rings is 1. The highest BCUT2D eigenvalue weighted by molar-refractivity contribution is 7.26. The quantitative estimate of drug-likeness (QED) is 0.197. The van der Waals surface area contributed by atoms with Gasteiger partial charge < -0.3 is 9.32 Å². The van der Waals surface area contributed by atoms with Crippen LogP contribution in [0, 0.1) is 0 Å². The first-order valence-electron chi connectivity index (χ1n) is 15.2. The second-order valence-corrected chi connectivity index (χ2v) is 12.4. The van der Waals surface area contributed by atoms with Crippen molar-refractivity contribution in [2.45, 2.75) is 0 Å². The molecule has 9 rings (SSSR count). The summed E-state index contributed by atoms with van der Waals surface area (Å²) in [4.78, 5) is 2.43. The molecule has 0 saturated carbocycles. The van der Waals surface area contributed by atoms with E-state index in [-0.39, 0.29) is 0 Å². The van der Waals surface area contributed by atoms with E-state index in [2.05, 4.69) is 163 Å². The van der Waals surface area contributed by atoms with Crippen molar-refractivity contribution in [2.75, 3.05) is 4.90 Å². The Morgan fingerprint density at radius 2 is 1.00 bits per heavy atom. The van der Waals surface area contributed by atoms with E-state index >= 15 is 0 Å². The summed E-state index contributed by atoms with van der Waals surface area (Å²) in [6, 6.07) is 58.4. The van der Waals surface area contributed by atoms with Crippen LogP contribution in [0.25, 0.3) is 64.4 Å². The summed E-state index contributed by atoms with van der Waals surface area (Å²) < 4.78 is 9.07. The van der Waals surface area contributed by atoms with Crippen LogP contribution in [0.2, 0.25) is 0 Å². The first-order chi connectivity index (χ1) is 22.3. The van der Waals surface area contributed by atoms with Gasteiger partial charge in [-0.05, 0) is 64.7 Å². The molecule has 0 saturated heterocycles. The van der Waals surface area contributed by atoms with Gasteiger partial charge in [0.2, 0.25) is 0 Å². The maximum absolute atomic E-state index is 6.62. The first-order valence-corrected chi connectivity index (χ1v) is 16.0. The predicted molar refractivity (Wildman–Crippen MR) is 192 cm³/mol. The van der Waals surface area contributed by atoms with E-state index in [0.29, 0.717) is 0 Å². The van der Waals surface area contributed by atoms with E-state index in [1.807, 2.05) is 17.4 Å². The molecule has 2 nitrogen and oxygen atoms in total. The SMILES string of the molecule is c1ccc(-c2cccc(N(c3cccc(-c4ccccc4)c3)c3cc4c5ccccc5oc4c4c3sc3ccccc34)c2)cc1. The fourth-order valence-corrected chi connectivity index (χ4v) is 7.76. The standard InChI is InChI=1S/C42H27NOS/c1-3-13-28(14-4-1)30-17-11-19-32(25-30)43(33-20-12-18-31(26-33)29-15-5-2-6-16-29)37-27-36-34-21-7-9-23-38(34)44-41(36)40-35-22-8-10-24-39(35)45-42(37)40/h1-27H. The Kier molecular flexibility index (Phi) is 6.03. The minimum absolute atomic E-state index is 0.907. The summed E-state index contributed by atoms with van der Waals surface area (Å²) in [5, 5.41) is 4.64. The molecule has 2 heterocycles. The normalized spacial score (nSPS) is 11.6. The molecule has 0 spiro atoms. The lowest BCUT2D eigenvalue weighted by Gasteiger charge is -2.27. The molecule has 0 N–H and O–H groups in total. The second kappa shape index (κ2) is 10.5. The number of nitrogens with zero attached hydrogens (tertiary/aromatic N) is 1. The van der Waals surface area contributed by atoms with E-state index < -0.39 is 0 Å². The van der Waals surface area contributed by atoms with Crippen LogP contribution in [-0.4, -0.2) is 0 Å². The van der Waals surface area contributed by atoms with Gasteiger partial charge in [0.25, 0.3) is 0 Å². The molecule has 0 bridgehead atoms. The molecular weight excluding hydrogens is 567 g/mol. The van der Waals surface area contributed by atoms with Crippen LogP contribution >= 0.6 is 11.3 Å². The van der Waals surface area contributed by atoms with Gasteiger partial charge >= 0.3 is 0 Å². The van der Waals surface area contributed by atoms with Crippen molar-refractivity contribution in [3.8, 4) is 22.3 Å². The largest absolute Gasteiger partial charge is 0.455 e. The molecule has 7 aromatic carbocycles. The zero-order valence-electron chi connectivity index (χ0n) is 24.4. The zero-order chi connectivity index (χ0) is 29.7. The van der Waals surface area contributed by atoms with Crippen LogP contribution in [0.3, 0.4) is 0 Å². The third-order valence-corrected chi connectivity index (χ3v) is 9.83. The van der Waals surface area contributed by atoms with Crippen molar-refractivity contribution >= 4 is 70.5 Å². The zero-order valence-corrected chi connectivity index (χ0v) is 25.2. The number of benzene rings is 7. The average Bonchev–Trinajstić information content (AvgIpc) is 3.68. The lowest BCUT2D eigenvalue weighted by molar-refractivity contribution is 0.673. The maximum atomic E-state index is 6.62. The van der Waals surface area contributed by atoms with Gasteiger partial charge in [-0.15, -0.1) is 11.3 Å². The molecule has 0 aliphatic rings. The van der Waals surface area contributed by atoms with Crippen molar-refractivity contribution in [3.05, 3.63) is 164 Å². The molecule has 2 aromatic heterocycles. The molecule has 0 unspecified atom stereocenters. The van der Waals surface area contributed by atoms with Crippen molar-refractivity contribution in [1.82, 2.24) is 0 Å². The fourth-order valence-electron chi connectivity index (χ4n) is 6.55. The number of para-hydroxylation sites is 1. The first kappa shape index (κ1) is 25.8. The Morgan fingerprint density at radius 1 is 0.444 bits per heavy atom. The number of rotatable bonds is 5. The van der Waals surface area contributed by atoms with Gasteiger partial charge in [-0.1, -0.05) is 121 Å². The van der Waals surface area contributed by atoms with Crippen LogP contribution in [0.15, 0.2) is 168 Å². The summed E-state index contributed by atoms with van der Waals surface area (Å²) in [5.74, 6) is 0. The molecule has 0 amide bonds. The second-order valence-electron chi connectivity index (χ2n) is 11.3. The van der Waals surface area contributed by atoms with Gasteiger partial charge in [0.15, 0.2) is 0 Å². The lowest BCUT2D eigenvalue weighted by atomic mass is 10.0. The molecule has 0 fully saturated rings. The maximum Gasteiger partial charge on any atom is 0.144 e. The smallest absolute Gasteiger partial charge is 0.144 e. The average molecular weight is 594 g/mol. The summed E-state index contributed by atoms with van der Waals surface area (Å²) >= 11 is 1.83. The molecule has 0 atom stereocenters. The molecule has 45 heavy (non-hydrogen) atoms. The van der Waals surface area contributed by atoms with Crippen LogP contribution in [-0.2, 0) is 0 Å². The van der Waals surface area contributed by atoms with Gasteiger partial charge in [-0.25, -0.2) is 0 Å². The van der Waals surface area contributed by atoms with Gasteiger partial charge in [0.05, 0.1) is 10.4 Å². The van der Waals surface area contributed by atoms with Gasteiger partial charge in [0, 0.05) is 37.6 Å². The van der Waals surface area contributed by atoms with Crippen molar-refractivity contribution in [1.29, 1.82) is 0 Å². The summed E-state index contributed by atoms with van der Waals surface area (Å²) in [7, 11) is 0. The number of anilines is 3. The Labute approximate surface area is 265 Å². The van der Waals surface area contributed by atoms with Crippen LogP contribution in [0.4, 0.5) is 17.1 Å². The summed E-state index contributed by atoms with van der Waals surface area (Å²) in [6.07, 6.45) is 0. The van der Waals surface area contributed by atoms with E-state index in [1.54, 1.807) is 0 Å². The van der Waals surface area contributed by atoms with Gasteiger partial charge in [-0.2, -0.15) is 0 Å². The predicted octanol–water partition coefficient (Wildman–Crippen LogP) is 12.8. The monoisotopic (exact) mass is 593 g/mol. The minimum atomic E-state index is 0.907. The molecule has 0 aliphatic carbocycles. The van der Waals surface area contributed by atoms with E-state index in [0.717, 1.165) is 39.0 Å². The van der Waals surface area contributed by atoms with E-state index in [1.165, 1.54) is 42.4 Å². The highest BCUT2D eigenvalue weighted by Crippen LogP contribution is 2.50. The summed E-state index contributed by atoms with van der Waals surface area (Å²) in [5.41, 5.74) is 9.95. The topological polar surface area (TPSA) is 16.4 Å². The molecular formula is C42H27NOS. The van der Waals surface area contributed by atoms with Gasteiger partial charge in [-0.3, -0.25) is 0 Å². The molecule has 3 heteroatoms.